The van der Waals surface area contributed by atoms with Crippen LogP contribution in [0.1, 0.15) is 11.1 Å². The van der Waals surface area contributed by atoms with Crippen LogP contribution in [0.15, 0.2) is 36.4 Å². The average Bonchev–Trinajstić information content (AvgIpc) is 2.49. The molecule has 2 aromatic carbocycles. The summed E-state index contributed by atoms with van der Waals surface area (Å²) in [7, 11) is 0. The SMILES string of the molecule is Cc1cccc(C#N)c1Nc1ccc2c(c1)OCCO2. The molecule has 0 amide bonds. The van der Waals surface area contributed by atoms with Crippen LogP contribution in [0.4, 0.5) is 11.4 Å². The van der Waals surface area contributed by atoms with Gasteiger partial charge in [-0.15, -0.1) is 0 Å². The number of hydrogen-bond acceptors (Lipinski definition) is 4. The van der Waals surface area contributed by atoms with Gasteiger partial charge in [-0.2, -0.15) is 5.26 Å². The maximum atomic E-state index is 9.18. The van der Waals surface area contributed by atoms with E-state index in [1.807, 2.05) is 37.3 Å². The molecule has 0 aromatic heterocycles. The van der Waals surface area contributed by atoms with Crippen LogP contribution in [-0.2, 0) is 0 Å². The number of benzene rings is 2. The largest absolute Gasteiger partial charge is 0.486 e. The second-order valence-electron chi connectivity index (χ2n) is 4.59. The highest BCUT2D eigenvalue weighted by molar-refractivity contribution is 5.71. The van der Waals surface area contributed by atoms with Gasteiger partial charge in [0.2, 0.25) is 0 Å². The van der Waals surface area contributed by atoms with E-state index in [-0.39, 0.29) is 0 Å². The molecule has 100 valence electrons. The lowest BCUT2D eigenvalue weighted by Gasteiger charge is -2.19. The molecule has 3 rings (SSSR count). The number of ether oxygens (including phenoxy) is 2. The molecule has 0 spiro atoms. The summed E-state index contributed by atoms with van der Waals surface area (Å²) in [6.45, 7) is 3.11. The first kappa shape index (κ1) is 12.4. The van der Waals surface area contributed by atoms with E-state index in [0.29, 0.717) is 18.8 Å². The quantitative estimate of drug-likeness (QED) is 0.905. The lowest BCUT2D eigenvalue weighted by Crippen LogP contribution is -2.15. The highest BCUT2D eigenvalue weighted by Gasteiger charge is 2.12. The standard InChI is InChI=1S/C16H14N2O2/c1-11-3-2-4-12(10-17)16(11)18-13-5-6-14-15(9-13)20-8-7-19-14/h2-6,9,18H,7-8H2,1H3. The van der Waals surface area contributed by atoms with Gasteiger partial charge in [-0.25, -0.2) is 0 Å². The molecule has 0 unspecified atom stereocenters. The monoisotopic (exact) mass is 266 g/mol. The van der Waals surface area contributed by atoms with Crippen molar-refractivity contribution < 1.29 is 9.47 Å². The van der Waals surface area contributed by atoms with Gasteiger partial charge in [-0.05, 0) is 30.7 Å². The molecular formula is C16H14N2O2. The van der Waals surface area contributed by atoms with Gasteiger partial charge < -0.3 is 14.8 Å². The van der Waals surface area contributed by atoms with E-state index in [4.69, 9.17) is 9.47 Å². The van der Waals surface area contributed by atoms with Gasteiger partial charge in [0.05, 0.1) is 11.3 Å². The maximum Gasteiger partial charge on any atom is 0.163 e. The van der Waals surface area contributed by atoms with Crippen molar-refractivity contribution in [2.45, 2.75) is 6.92 Å². The molecule has 0 aliphatic carbocycles. The second kappa shape index (κ2) is 5.14. The third-order valence-electron chi connectivity index (χ3n) is 3.20. The van der Waals surface area contributed by atoms with Gasteiger partial charge in [0.1, 0.15) is 19.3 Å². The third-order valence-corrected chi connectivity index (χ3v) is 3.20. The van der Waals surface area contributed by atoms with Gasteiger partial charge in [0, 0.05) is 11.8 Å². The Kier molecular flexibility index (Phi) is 3.18. The third kappa shape index (κ3) is 2.26. The van der Waals surface area contributed by atoms with Gasteiger partial charge in [0.15, 0.2) is 11.5 Å². The first-order chi connectivity index (χ1) is 9.78. The molecule has 1 heterocycles. The summed E-state index contributed by atoms with van der Waals surface area (Å²) in [5.74, 6) is 1.49. The Morgan fingerprint density at radius 1 is 1.10 bits per heavy atom. The van der Waals surface area contributed by atoms with Crippen LogP contribution in [0.2, 0.25) is 0 Å². The van der Waals surface area contributed by atoms with E-state index in [9.17, 15) is 5.26 Å². The van der Waals surface area contributed by atoms with Crippen molar-refractivity contribution in [3.8, 4) is 17.6 Å². The number of para-hydroxylation sites is 1. The molecule has 1 aliphatic heterocycles. The van der Waals surface area contributed by atoms with Crippen LogP contribution in [0.5, 0.6) is 11.5 Å². The highest BCUT2D eigenvalue weighted by Crippen LogP contribution is 2.34. The summed E-state index contributed by atoms with van der Waals surface area (Å²) in [6.07, 6.45) is 0. The molecule has 1 aliphatic rings. The van der Waals surface area contributed by atoms with Crippen molar-refractivity contribution >= 4 is 11.4 Å². The molecule has 0 saturated carbocycles. The predicted molar refractivity (Wildman–Crippen MR) is 76.6 cm³/mol. The van der Waals surface area contributed by atoms with Crippen molar-refractivity contribution in [3.63, 3.8) is 0 Å². The molecule has 0 bridgehead atoms. The van der Waals surface area contributed by atoms with Crippen molar-refractivity contribution in [3.05, 3.63) is 47.5 Å². The number of hydrogen-bond donors (Lipinski definition) is 1. The Morgan fingerprint density at radius 2 is 1.90 bits per heavy atom. The molecule has 2 aromatic rings. The number of nitrogens with zero attached hydrogens (tertiary/aromatic N) is 1. The zero-order chi connectivity index (χ0) is 13.9. The highest BCUT2D eigenvalue weighted by atomic mass is 16.6. The van der Waals surface area contributed by atoms with Gasteiger partial charge in [-0.1, -0.05) is 12.1 Å². The zero-order valence-corrected chi connectivity index (χ0v) is 11.1. The van der Waals surface area contributed by atoms with E-state index in [0.717, 1.165) is 28.4 Å². The summed E-state index contributed by atoms with van der Waals surface area (Å²) in [6, 6.07) is 13.5. The van der Waals surface area contributed by atoms with Crippen LogP contribution in [0.25, 0.3) is 0 Å². The average molecular weight is 266 g/mol. The molecule has 4 heteroatoms. The minimum absolute atomic E-state index is 0.560. The van der Waals surface area contributed by atoms with Crippen LogP contribution in [-0.4, -0.2) is 13.2 Å². The van der Waals surface area contributed by atoms with Crippen molar-refractivity contribution in [1.82, 2.24) is 0 Å². The summed E-state index contributed by atoms with van der Waals surface area (Å²) >= 11 is 0. The van der Waals surface area contributed by atoms with E-state index in [2.05, 4.69) is 11.4 Å². The van der Waals surface area contributed by atoms with E-state index in [1.54, 1.807) is 6.07 Å². The second-order valence-corrected chi connectivity index (χ2v) is 4.59. The number of nitrogens with one attached hydrogen (secondary N) is 1. The van der Waals surface area contributed by atoms with Gasteiger partial charge in [-0.3, -0.25) is 0 Å². The summed E-state index contributed by atoms with van der Waals surface area (Å²) in [4.78, 5) is 0. The number of nitriles is 1. The molecular weight excluding hydrogens is 252 g/mol. The van der Waals surface area contributed by atoms with E-state index in [1.165, 1.54) is 0 Å². The normalized spacial score (nSPS) is 12.6. The first-order valence-corrected chi connectivity index (χ1v) is 6.44. The maximum absolute atomic E-state index is 9.18. The smallest absolute Gasteiger partial charge is 0.163 e. The summed E-state index contributed by atoms with van der Waals surface area (Å²) in [5, 5.41) is 12.5. The fourth-order valence-electron chi connectivity index (χ4n) is 2.19. The lowest BCUT2D eigenvalue weighted by atomic mass is 10.1. The minimum Gasteiger partial charge on any atom is -0.486 e. The van der Waals surface area contributed by atoms with E-state index >= 15 is 0 Å². The molecule has 0 saturated heterocycles. The van der Waals surface area contributed by atoms with Crippen molar-refractivity contribution in [2.24, 2.45) is 0 Å². The summed E-state index contributed by atoms with van der Waals surface area (Å²) in [5.41, 5.74) is 3.35. The first-order valence-electron chi connectivity index (χ1n) is 6.44. The van der Waals surface area contributed by atoms with Gasteiger partial charge >= 0.3 is 0 Å². The molecule has 1 N–H and O–H groups in total. The number of rotatable bonds is 2. The van der Waals surface area contributed by atoms with Crippen LogP contribution in [0.3, 0.4) is 0 Å². The van der Waals surface area contributed by atoms with Crippen LogP contribution in [0, 0.1) is 18.3 Å². The van der Waals surface area contributed by atoms with Crippen LogP contribution >= 0.6 is 0 Å². The Labute approximate surface area is 117 Å². The lowest BCUT2D eigenvalue weighted by molar-refractivity contribution is 0.171. The van der Waals surface area contributed by atoms with E-state index < -0.39 is 0 Å². The number of aryl methyl sites for hydroxylation is 1. The van der Waals surface area contributed by atoms with Crippen molar-refractivity contribution in [1.29, 1.82) is 5.26 Å². The zero-order valence-electron chi connectivity index (χ0n) is 11.1. The number of anilines is 2. The Bertz CT molecular complexity index is 689. The molecule has 4 nitrogen and oxygen atoms in total. The Morgan fingerprint density at radius 3 is 2.70 bits per heavy atom. The Hall–Kier alpha value is -2.67. The fourth-order valence-corrected chi connectivity index (χ4v) is 2.19. The topological polar surface area (TPSA) is 54.3 Å². The van der Waals surface area contributed by atoms with Crippen molar-refractivity contribution in [2.75, 3.05) is 18.5 Å². The fraction of sp³-hybridized carbons (Fsp3) is 0.188. The summed E-state index contributed by atoms with van der Waals surface area (Å²) < 4.78 is 11.1. The predicted octanol–water partition coefficient (Wildman–Crippen LogP) is 3.38. The molecule has 20 heavy (non-hydrogen) atoms. The molecule has 0 radical (unpaired) electrons. The minimum atomic E-state index is 0.560. The van der Waals surface area contributed by atoms with Gasteiger partial charge in [0.25, 0.3) is 0 Å². The molecule has 0 fully saturated rings. The number of fused-ring (bicyclic) bond motifs is 1. The van der Waals surface area contributed by atoms with Crippen LogP contribution < -0.4 is 14.8 Å². The Balaban J connectivity index is 1.94. The molecule has 0 atom stereocenters.